The molecule has 0 aliphatic heterocycles. The van der Waals surface area contributed by atoms with Crippen LogP contribution in [0.5, 0.6) is 23.0 Å². The van der Waals surface area contributed by atoms with Crippen LogP contribution in [-0.2, 0) is 11.4 Å². The first-order chi connectivity index (χ1) is 18.2. The minimum atomic E-state index is -0.636. The van der Waals surface area contributed by atoms with Crippen molar-refractivity contribution in [2.75, 3.05) is 26.1 Å². The quantitative estimate of drug-likeness (QED) is 0.133. The standard InChI is InChI=1S/C27H22Cl3IN2O5/c1-4-37-25-10-16(9-21(31)26(25)38-14-15-5-6-18(28)19(29)8-15)7-17(13-32)27(34)33-22-12-23(35-2)20(30)11-24(22)36-3/h5-12H,4,14H2,1-3H3,(H,33,34)/b17-7+. The molecular formula is C27H22Cl3IN2O5. The molecule has 0 spiro atoms. The van der Waals surface area contributed by atoms with E-state index in [2.05, 4.69) is 27.9 Å². The topological polar surface area (TPSA) is 89.8 Å². The molecule has 1 amide bonds. The summed E-state index contributed by atoms with van der Waals surface area (Å²) in [6.45, 7) is 2.47. The van der Waals surface area contributed by atoms with Crippen molar-refractivity contribution in [3.05, 3.63) is 77.8 Å². The summed E-state index contributed by atoms with van der Waals surface area (Å²) < 4.78 is 23.1. The fourth-order valence-corrected chi connectivity index (χ4v) is 4.65. The summed E-state index contributed by atoms with van der Waals surface area (Å²) in [5, 5.41) is 13.6. The first-order valence-electron chi connectivity index (χ1n) is 11.1. The highest BCUT2D eigenvalue weighted by molar-refractivity contribution is 14.1. The number of carbonyl (C=O) groups is 1. The van der Waals surface area contributed by atoms with E-state index in [1.807, 2.05) is 19.1 Å². The Hall–Kier alpha value is -2.84. The van der Waals surface area contributed by atoms with Crippen LogP contribution in [0, 0.1) is 14.9 Å². The number of carbonyl (C=O) groups excluding carboxylic acids is 1. The largest absolute Gasteiger partial charge is 0.495 e. The number of ether oxygens (including phenoxy) is 4. The first kappa shape index (κ1) is 29.7. The summed E-state index contributed by atoms with van der Waals surface area (Å²) in [7, 11) is 2.90. The highest BCUT2D eigenvalue weighted by Gasteiger charge is 2.17. The molecule has 0 saturated heterocycles. The molecule has 0 unspecified atom stereocenters. The van der Waals surface area contributed by atoms with Crippen LogP contribution in [0.4, 0.5) is 5.69 Å². The van der Waals surface area contributed by atoms with E-state index in [0.29, 0.717) is 55.9 Å². The Morgan fingerprint density at radius 1 is 0.974 bits per heavy atom. The molecule has 0 heterocycles. The summed E-state index contributed by atoms with van der Waals surface area (Å²) in [5.74, 6) is 1.02. The van der Waals surface area contributed by atoms with Crippen LogP contribution in [0.1, 0.15) is 18.1 Å². The molecule has 0 aromatic heterocycles. The molecule has 0 bridgehead atoms. The molecule has 1 N–H and O–H groups in total. The number of hydrogen-bond acceptors (Lipinski definition) is 6. The van der Waals surface area contributed by atoms with Gasteiger partial charge in [0.15, 0.2) is 11.5 Å². The number of hydrogen-bond donors (Lipinski definition) is 1. The van der Waals surface area contributed by atoms with Gasteiger partial charge in [-0.15, -0.1) is 0 Å². The van der Waals surface area contributed by atoms with Gasteiger partial charge in [-0.25, -0.2) is 0 Å². The van der Waals surface area contributed by atoms with Gasteiger partial charge >= 0.3 is 0 Å². The highest BCUT2D eigenvalue weighted by atomic mass is 127. The smallest absolute Gasteiger partial charge is 0.266 e. The average molecular weight is 688 g/mol. The lowest BCUT2D eigenvalue weighted by atomic mass is 10.1. The first-order valence-corrected chi connectivity index (χ1v) is 13.3. The van der Waals surface area contributed by atoms with Gasteiger partial charge in [-0.05, 0) is 71.0 Å². The molecule has 0 radical (unpaired) electrons. The van der Waals surface area contributed by atoms with Gasteiger partial charge in [-0.1, -0.05) is 40.9 Å². The Balaban J connectivity index is 1.88. The summed E-state index contributed by atoms with van der Waals surface area (Å²) in [6.07, 6.45) is 1.46. The average Bonchev–Trinajstić information content (AvgIpc) is 2.89. The maximum absolute atomic E-state index is 13.0. The van der Waals surface area contributed by atoms with Crippen LogP contribution < -0.4 is 24.3 Å². The van der Waals surface area contributed by atoms with Gasteiger partial charge in [0.1, 0.15) is 29.7 Å². The van der Waals surface area contributed by atoms with Gasteiger partial charge in [-0.3, -0.25) is 4.79 Å². The number of rotatable bonds is 10. The molecule has 0 saturated carbocycles. The van der Waals surface area contributed by atoms with Gasteiger partial charge in [0.25, 0.3) is 5.91 Å². The van der Waals surface area contributed by atoms with Crippen molar-refractivity contribution in [3.63, 3.8) is 0 Å². The number of benzene rings is 3. The van der Waals surface area contributed by atoms with Crippen LogP contribution in [0.2, 0.25) is 15.1 Å². The van der Waals surface area contributed by atoms with Gasteiger partial charge < -0.3 is 24.3 Å². The number of amides is 1. The second-order valence-electron chi connectivity index (χ2n) is 7.61. The minimum Gasteiger partial charge on any atom is -0.495 e. The normalized spacial score (nSPS) is 10.9. The molecule has 0 aliphatic rings. The Kier molecular flexibility index (Phi) is 10.8. The second kappa shape index (κ2) is 13.8. The maximum Gasteiger partial charge on any atom is 0.266 e. The molecule has 38 heavy (non-hydrogen) atoms. The number of nitrogens with one attached hydrogen (secondary N) is 1. The van der Waals surface area contributed by atoms with E-state index in [4.69, 9.17) is 53.8 Å². The third-order valence-corrected chi connectivity index (χ3v) is 6.93. The SMILES string of the molecule is CCOc1cc(/C=C(\C#N)C(=O)Nc2cc(OC)c(Cl)cc2OC)cc(I)c1OCc1ccc(Cl)c(Cl)c1. The molecule has 0 aliphatic carbocycles. The molecular weight excluding hydrogens is 666 g/mol. The lowest BCUT2D eigenvalue weighted by Crippen LogP contribution is -2.14. The molecule has 0 atom stereocenters. The van der Waals surface area contributed by atoms with Crippen molar-refractivity contribution in [1.82, 2.24) is 0 Å². The number of nitriles is 1. The Bertz CT molecular complexity index is 1420. The number of methoxy groups -OCH3 is 2. The zero-order chi connectivity index (χ0) is 27.8. The van der Waals surface area contributed by atoms with Crippen LogP contribution in [-0.4, -0.2) is 26.7 Å². The molecule has 3 aromatic rings. The Morgan fingerprint density at radius 2 is 1.71 bits per heavy atom. The van der Waals surface area contributed by atoms with Crippen molar-refractivity contribution in [2.45, 2.75) is 13.5 Å². The molecule has 7 nitrogen and oxygen atoms in total. The lowest BCUT2D eigenvalue weighted by molar-refractivity contribution is -0.112. The van der Waals surface area contributed by atoms with Crippen molar-refractivity contribution < 1.29 is 23.7 Å². The second-order valence-corrected chi connectivity index (χ2v) is 9.99. The van der Waals surface area contributed by atoms with Gasteiger partial charge in [0.05, 0.1) is 45.2 Å². The summed E-state index contributed by atoms with van der Waals surface area (Å²) >= 11 is 20.4. The van der Waals surface area contributed by atoms with Crippen LogP contribution in [0.15, 0.2) is 48.0 Å². The van der Waals surface area contributed by atoms with Gasteiger partial charge in [0, 0.05) is 12.1 Å². The minimum absolute atomic E-state index is 0.135. The predicted molar refractivity (Wildman–Crippen MR) is 158 cm³/mol. The van der Waals surface area contributed by atoms with E-state index in [9.17, 15) is 10.1 Å². The Morgan fingerprint density at radius 3 is 2.34 bits per heavy atom. The van der Waals surface area contributed by atoms with E-state index >= 15 is 0 Å². The van der Waals surface area contributed by atoms with E-state index in [0.717, 1.165) is 9.13 Å². The van der Waals surface area contributed by atoms with E-state index in [-0.39, 0.29) is 12.2 Å². The summed E-state index contributed by atoms with van der Waals surface area (Å²) in [5.41, 5.74) is 1.57. The molecule has 11 heteroatoms. The van der Waals surface area contributed by atoms with E-state index in [1.54, 1.807) is 24.3 Å². The van der Waals surface area contributed by atoms with Crippen molar-refractivity contribution in [1.29, 1.82) is 5.26 Å². The summed E-state index contributed by atoms with van der Waals surface area (Å²) in [6, 6.07) is 13.7. The summed E-state index contributed by atoms with van der Waals surface area (Å²) in [4.78, 5) is 13.0. The molecule has 3 rings (SSSR count). The fourth-order valence-electron chi connectivity index (χ4n) is 3.32. The number of halogens is 4. The van der Waals surface area contributed by atoms with Crippen molar-refractivity contribution >= 4 is 75.1 Å². The predicted octanol–water partition coefficient (Wildman–Crippen LogP) is 7.79. The van der Waals surface area contributed by atoms with Gasteiger partial charge in [-0.2, -0.15) is 5.26 Å². The van der Waals surface area contributed by atoms with E-state index < -0.39 is 5.91 Å². The van der Waals surface area contributed by atoms with Crippen molar-refractivity contribution in [2.24, 2.45) is 0 Å². The zero-order valence-corrected chi connectivity index (χ0v) is 25.0. The lowest BCUT2D eigenvalue weighted by Gasteiger charge is -2.15. The third-order valence-electron chi connectivity index (χ3n) is 5.10. The highest BCUT2D eigenvalue weighted by Crippen LogP contribution is 2.37. The van der Waals surface area contributed by atoms with Crippen LogP contribution in [0.3, 0.4) is 0 Å². The fraction of sp³-hybridized carbons (Fsp3) is 0.185. The van der Waals surface area contributed by atoms with Gasteiger partial charge in [0.2, 0.25) is 0 Å². The van der Waals surface area contributed by atoms with E-state index in [1.165, 1.54) is 32.4 Å². The molecule has 3 aromatic carbocycles. The molecule has 198 valence electrons. The zero-order valence-electron chi connectivity index (χ0n) is 20.5. The maximum atomic E-state index is 13.0. The molecule has 0 fully saturated rings. The Labute approximate surface area is 249 Å². The number of nitrogens with zero attached hydrogens (tertiary/aromatic N) is 1. The van der Waals surface area contributed by atoms with Crippen LogP contribution in [0.25, 0.3) is 6.08 Å². The van der Waals surface area contributed by atoms with Crippen molar-refractivity contribution in [3.8, 4) is 29.1 Å². The third kappa shape index (κ3) is 7.38. The number of anilines is 1. The monoisotopic (exact) mass is 686 g/mol. The van der Waals surface area contributed by atoms with Crippen LogP contribution >= 0.6 is 57.4 Å².